The van der Waals surface area contributed by atoms with Gasteiger partial charge in [-0.15, -0.1) is 11.3 Å². The van der Waals surface area contributed by atoms with E-state index in [-0.39, 0.29) is 0 Å². The van der Waals surface area contributed by atoms with Gasteiger partial charge in [0, 0.05) is 23.7 Å². The number of aromatic nitrogens is 2. The van der Waals surface area contributed by atoms with Crippen LogP contribution in [0.5, 0.6) is 0 Å². The maximum Gasteiger partial charge on any atom is 0.194 e. The monoisotopic (exact) mass is 277 g/mol. The van der Waals surface area contributed by atoms with Gasteiger partial charge < -0.3 is 5.32 Å². The third kappa shape index (κ3) is 2.56. The van der Waals surface area contributed by atoms with Crippen LogP contribution in [0.4, 0.5) is 0 Å². The van der Waals surface area contributed by atoms with Gasteiger partial charge in [-0.2, -0.15) is 0 Å². The molecule has 1 N–H and O–H groups in total. The van der Waals surface area contributed by atoms with Crippen LogP contribution >= 0.6 is 11.3 Å². The van der Waals surface area contributed by atoms with E-state index >= 15 is 0 Å². The SMILES string of the molecule is Cc1cn2c(CN[C@@H](C)C3CCCC3)c(C)nc2s1. The third-order valence-electron chi connectivity index (χ3n) is 4.44. The van der Waals surface area contributed by atoms with Crippen LogP contribution < -0.4 is 5.32 Å². The van der Waals surface area contributed by atoms with E-state index in [0.717, 1.165) is 23.1 Å². The molecule has 3 nitrogen and oxygen atoms in total. The molecule has 0 aromatic carbocycles. The Kier molecular flexibility index (Phi) is 3.63. The molecule has 4 heteroatoms. The van der Waals surface area contributed by atoms with Gasteiger partial charge >= 0.3 is 0 Å². The minimum Gasteiger partial charge on any atom is -0.308 e. The molecule has 0 amide bonds. The first-order valence-electron chi connectivity index (χ1n) is 7.32. The molecule has 3 rings (SSSR count). The molecule has 104 valence electrons. The van der Waals surface area contributed by atoms with Crippen LogP contribution in [0.25, 0.3) is 4.96 Å². The van der Waals surface area contributed by atoms with Gasteiger partial charge in [-0.1, -0.05) is 12.8 Å². The Morgan fingerprint density at radius 3 is 2.89 bits per heavy atom. The first-order valence-corrected chi connectivity index (χ1v) is 8.14. The van der Waals surface area contributed by atoms with Gasteiger partial charge in [0.15, 0.2) is 4.96 Å². The Morgan fingerprint density at radius 2 is 2.16 bits per heavy atom. The lowest BCUT2D eigenvalue weighted by Crippen LogP contribution is -2.32. The first-order chi connectivity index (χ1) is 9.15. The van der Waals surface area contributed by atoms with Crippen molar-refractivity contribution in [2.24, 2.45) is 5.92 Å². The summed E-state index contributed by atoms with van der Waals surface area (Å²) in [5.74, 6) is 0.868. The van der Waals surface area contributed by atoms with Gasteiger partial charge in [0.2, 0.25) is 0 Å². The molecule has 0 radical (unpaired) electrons. The number of imidazole rings is 1. The van der Waals surface area contributed by atoms with E-state index in [1.165, 1.54) is 36.3 Å². The van der Waals surface area contributed by atoms with E-state index in [2.05, 4.69) is 41.7 Å². The van der Waals surface area contributed by atoms with Crippen LogP contribution in [0.15, 0.2) is 6.20 Å². The van der Waals surface area contributed by atoms with E-state index in [4.69, 9.17) is 0 Å². The molecule has 0 unspecified atom stereocenters. The molecular formula is C15H23N3S. The fraction of sp³-hybridized carbons (Fsp3) is 0.667. The topological polar surface area (TPSA) is 29.3 Å². The number of rotatable bonds is 4. The molecule has 2 aromatic rings. The molecule has 0 saturated heterocycles. The van der Waals surface area contributed by atoms with Gasteiger partial charge in [-0.05, 0) is 39.5 Å². The van der Waals surface area contributed by atoms with Crippen molar-refractivity contribution in [3.05, 3.63) is 22.5 Å². The molecule has 19 heavy (non-hydrogen) atoms. The maximum atomic E-state index is 4.65. The molecule has 1 fully saturated rings. The number of nitrogens with zero attached hydrogens (tertiary/aromatic N) is 2. The Hall–Kier alpha value is -0.870. The van der Waals surface area contributed by atoms with Crippen LogP contribution in [-0.4, -0.2) is 15.4 Å². The van der Waals surface area contributed by atoms with Crippen molar-refractivity contribution < 1.29 is 0 Å². The Balaban J connectivity index is 1.72. The second-order valence-corrected chi connectivity index (χ2v) is 7.07. The van der Waals surface area contributed by atoms with Crippen molar-refractivity contribution in [1.82, 2.24) is 14.7 Å². The highest BCUT2D eigenvalue weighted by molar-refractivity contribution is 7.17. The van der Waals surface area contributed by atoms with Crippen molar-refractivity contribution in [3.63, 3.8) is 0 Å². The van der Waals surface area contributed by atoms with Crippen LogP contribution in [0.2, 0.25) is 0 Å². The number of hydrogen-bond acceptors (Lipinski definition) is 3. The number of thiazole rings is 1. The molecule has 1 aliphatic rings. The molecule has 0 aliphatic heterocycles. The van der Waals surface area contributed by atoms with Crippen molar-refractivity contribution in [2.75, 3.05) is 0 Å². The van der Waals surface area contributed by atoms with E-state index in [1.54, 1.807) is 11.3 Å². The highest BCUT2D eigenvalue weighted by atomic mass is 32.1. The minimum absolute atomic E-state index is 0.618. The van der Waals surface area contributed by atoms with Crippen molar-refractivity contribution in [1.29, 1.82) is 0 Å². The maximum absolute atomic E-state index is 4.65. The average Bonchev–Trinajstić information content (AvgIpc) is 3.03. The summed E-state index contributed by atoms with van der Waals surface area (Å²) in [4.78, 5) is 7.10. The van der Waals surface area contributed by atoms with E-state index in [0.29, 0.717) is 6.04 Å². The number of hydrogen-bond donors (Lipinski definition) is 1. The van der Waals surface area contributed by atoms with Crippen LogP contribution in [0.1, 0.15) is 48.9 Å². The largest absolute Gasteiger partial charge is 0.308 e. The fourth-order valence-corrected chi connectivity index (χ4v) is 4.09. The molecule has 1 atom stereocenters. The molecule has 0 bridgehead atoms. The van der Waals surface area contributed by atoms with Gasteiger partial charge in [0.05, 0.1) is 11.4 Å². The fourth-order valence-electron chi connectivity index (χ4n) is 3.20. The van der Waals surface area contributed by atoms with E-state index in [9.17, 15) is 0 Å². The summed E-state index contributed by atoms with van der Waals surface area (Å²) < 4.78 is 2.25. The Bertz CT molecular complexity index is 563. The lowest BCUT2D eigenvalue weighted by molar-refractivity contribution is 0.378. The summed E-state index contributed by atoms with van der Waals surface area (Å²) in [6.07, 6.45) is 7.82. The smallest absolute Gasteiger partial charge is 0.194 e. The summed E-state index contributed by atoms with van der Waals surface area (Å²) >= 11 is 1.77. The Labute approximate surface area is 119 Å². The molecule has 1 aliphatic carbocycles. The van der Waals surface area contributed by atoms with E-state index < -0.39 is 0 Å². The zero-order valence-corrected chi connectivity index (χ0v) is 12.9. The Morgan fingerprint density at radius 1 is 1.42 bits per heavy atom. The van der Waals surface area contributed by atoms with Crippen LogP contribution in [0.3, 0.4) is 0 Å². The van der Waals surface area contributed by atoms with Gasteiger partial charge in [0.25, 0.3) is 0 Å². The first kappa shape index (κ1) is 13.1. The minimum atomic E-state index is 0.618. The standard InChI is InChI=1S/C15H23N3S/c1-10-9-18-14(12(3)17-15(18)19-10)8-16-11(2)13-6-4-5-7-13/h9,11,13,16H,4-8H2,1-3H3/t11-/m0/s1. The number of nitrogens with one attached hydrogen (secondary N) is 1. The van der Waals surface area contributed by atoms with Crippen molar-refractivity contribution in [2.45, 2.75) is 59.0 Å². The second-order valence-electron chi connectivity index (χ2n) is 5.85. The number of aryl methyl sites for hydroxylation is 2. The molecule has 2 aromatic heterocycles. The summed E-state index contributed by atoms with van der Waals surface area (Å²) in [6, 6.07) is 0.618. The van der Waals surface area contributed by atoms with E-state index in [1.807, 2.05) is 0 Å². The summed E-state index contributed by atoms with van der Waals surface area (Å²) in [5, 5.41) is 3.71. The zero-order chi connectivity index (χ0) is 13.4. The zero-order valence-electron chi connectivity index (χ0n) is 12.1. The van der Waals surface area contributed by atoms with Gasteiger partial charge in [0.1, 0.15) is 0 Å². The highest BCUT2D eigenvalue weighted by Crippen LogP contribution is 2.28. The summed E-state index contributed by atoms with van der Waals surface area (Å²) in [5.41, 5.74) is 2.49. The summed E-state index contributed by atoms with van der Waals surface area (Å²) in [7, 11) is 0. The van der Waals surface area contributed by atoms with Gasteiger partial charge in [-0.3, -0.25) is 4.40 Å². The van der Waals surface area contributed by atoms with Gasteiger partial charge in [-0.25, -0.2) is 4.98 Å². The third-order valence-corrected chi connectivity index (χ3v) is 5.34. The molecule has 2 heterocycles. The average molecular weight is 277 g/mol. The molecule has 0 spiro atoms. The predicted octanol–water partition coefficient (Wildman–Crippen LogP) is 3.68. The normalized spacial score (nSPS) is 18.5. The van der Waals surface area contributed by atoms with Crippen molar-refractivity contribution in [3.8, 4) is 0 Å². The van der Waals surface area contributed by atoms with Crippen molar-refractivity contribution >= 4 is 16.3 Å². The quantitative estimate of drug-likeness (QED) is 0.923. The molecule has 1 saturated carbocycles. The predicted molar refractivity (Wildman–Crippen MR) is 80.8 cm³/mol. The lowest BCUT2D eigenvalue weighted by atomic mass is 10.00. The summed E-state index contributed by atoms with van der Waals surface area (Å²) in [6.45, 7) is 7.53. The number of fused-ring (bicyclic) bond motifs is 1. The molecular weight excluding hydrogens is 254 g/mol. The van der Waals surface area contributed by atoms with Crippen LogP contribution in [0, 0.1) is 19.8 Å². The second kappa shape index (κ2) is 5.25. The highest BCUT2D eigenvalue weighted by Gasteiger charge is 2.21. The van der Waals surface area contributed by atoms with Crippen LogP contribution in [-0.2, 0) is 6.54 Å². The lowest BCUT2D eigenvalue weighted by Gasteiger charge is -2.20.